The number of aromatic nitrogens is 1. The van der Waals surface area contributed by atoms with Gasteiger partial charge in [0.1, 0.15) is 36.3 Å². The van der Waals surface area contributed by atoms with E-state index >= 15 is 0 Å². The predicted octanol–water partition coefficient (Wildman–Crippen LogP) is 2.59. The first-order chi connectivity index (χ1) is 16.5. The Kier molecular flexibility index (Phi) is 7.06. The van der Waals surface area contributed by atoms with Gasteiger partial charge in [-0.2, -0.15) is 0 Å². The van der Waals surface area contributed by atoms with E-state index in [1.807, 2.05) is 30.3 Å². The average molecular weight is 508 g/mol. The number of halogens is 1. The summed E-state index contributed by atoms with van der Waals surface area (Å²) in [7, 11) is 0. The summed E-state index contributed by atoms with van der Waals surface area (Å²) < 4.78 is 18.8. The van der Waals surface area contributed by atoms with Crippen molar-refractivity contribution in [3.8, 4) is 5.75 Å². The van der Waals surface area contributed by atoms with Gasteiger partial charge in [0.2, 0.25) is 0 Å². The molecule has 1 aromatic heterocycles. The molecule has 182 valence electrons. The van der Waals surface area contributed by atoms with Crippen LogP contribution in [0.25, 0.3) is 10.9 Å². The molecule has 0 bridgehead atoms. The lowest BCUT2D eigenvalue weighted by molar-refractivity contribution is -0.250. The second kappa shape index (κ2) is 10.0. The van der Waals surface area contributed by atoms with E-state index < -0.39 is 37.3 Å². The van der Waals surface area contributed by atoms with Crippen LogP contribution in [0, 0.1) is 0 Å². The highest BCUT2D eigenvalue weighted by Crippen LogP contribution is 2.42. The van der Waals surface area contributed by atoms with Crippen molar-refractivity contribution in [1.82, 2.24) is 4.57 Å². The van der Waals surface area contributed by atoms with E-state index in [0.29, 0.717) is 17.1 Å². The standard InChI is InChI=1S/C24H26ClNO7S/c25-16-2-1-3-17-20(16)19(10-26(17)24-23(30)22(29)21(28)18(11-27)33-24)34-15-6-4-13(5-7-15)32-14-8-9-31-12-14/h1-7,10,14,18,21-24,27-30H,8-9,11-12H2/t14?,18-,21-,22+,23-,24-/m1/s1. The minimum Gasteiger partial charge on any atom is -0.488 e. The summed E-state index contributed by atoms with van der Waals surface area (Å²) >= 11 is 8.05. The largest absolute Gasteiger partial charge is 0.488 e. The van der Waals surface area contributed by atoms with Gasteiger partial charge in [-0.15, -0.1) is 0 Å². The summed E-state index contributed by atoms with van der Waals surface area (Å²) in [6.07, 6.45) is -3.56. The van der Waals surface area contributed by atoms with Crippen LogP contribution < -0.4 is 4.74 Å². The van der Waals surface area contributed by atoms with E-state index in [9.17, 15) is 20.4 Å². The molecule has 6 atom stereocenters. The molecular formula is C24H26ClNO7S. The fourth-order valence-electron chi connectivity index (χ4n) is 4.34. The van der Waals surface area contributed by atoms with Crippen LogP contribution in [0.3, 0.4) is 0 Å². The van der Waals surface area contributed by atoms with Gasteiger partial charge in [-0.3, -0.25) is 0 Å². The molecule has 0 spiro atoms. The van der Waals surface area contributed by atoms with Crippen molar-refractivity contribution in [2.45, 2.75) is 53.0 Å². The molecule has 8 nitrogen and oxygen atoms in total. The van der Waals surface area contributed by atoms with Crippen molar-refractivity contribution in [2.24, 2.45) is 0 Å². The molecule has 0 amide bonds. The highest BCUT2D eigenvalue weighted by molar-refractivity contribution is 7.99. The average Bonchev–Trinajstić information content (AvgIpc) is 3.48. The van der Waals surface area contributed by atoms with Crippen LogP contribution in [0.4, 0.5) is 0 Å². The van der Waals surface area contributed by atoms with Crippen molar-refractivity contribution >= 4 is 34.3 Å². The van der Waals surface area contributed by atoms with E-state index in [-0.39, 0.29) is 6.10 Å². The Labute approximate surface area is 205 Å². The number of benzene rings is 2. The van der Waals surface area contributed by atoms with Gasteiger partial charge >= 0.3 is 0 Å². The Hall–Kier alpha value is -1.82. The summed E-state index contributed by atoms with van der Waals surface area (Å²) in [5, 5.41) is 41.9. The van der Waals surface area contributed by atoms with Gasteiger partial charge in [0.25, 0.3) is 0 Å². The second-order valence-corrected chi connectivity index (χ2v) is 9.95. The summed E-state index contributed by atoms with van der Waals surface area (Å²) in [5.41, 5.74) is 0.695. The van der Waals surface area contributed by atoms with Gasteiger partial charge in [0.15, 0.2) is 6.23 Å². The molecule has 3 aromatic rings. The molecule has 0 radical (unpaired) electrons. The van der Waals surface area contributed by atoms with Crippen LogP contribution in [0.15, 0.2) is 58.5 Å². The third-order valence-electron chi connectivity index (χ3n) is 6.16. The van der Waals surface area contributed by atoms with E-state index in [1.54, 1.807) is 22.9 Å². The molecule has 2 aliphatic heterocycles. The van der Waals surface area contributed by atoms with Crippen LogP contribution in [-0.2, 0) is 9.47 Å². The molecule has 2 fully saturated rings. The molecule has 0 saturated carbocycles. The topological polar surface area (TPSA) is 114 Å². The fraction of sp³-hybridized carbons (Fsp3) is 0.417. The number of hydrogen-bond donors (Lipinski definition) is 4. The zero-order valence-electron chi connectivity index (χ0n) is 18.2. The van der Waals surface area contributed by atoms with Crippen LogP contribution in [0.2, 0.25) is 5.02 Å². The Morgan fingerprint density at radius 2 is 1.85 bits per heavy atom. The fourth-order valence-corrected chi connectivity index (χ4v) is 5.68. The number of aliphatic hydroxyl groups is 4. The van der Waals surface area contributed by atoms with Crippen LogP contribution >= 0.6 is 23.4 Å². The molecule has 4 N–H and O–H groups in total. The lowest BCUT2D eigenvalue weighted by Gasteiger charge is -2.40. The molecule has 34 heavy (non-hydrogen) atoms. The first-order valence-electron chi connectivity index (χ1n) is 11.1. The van der Waals surface area contributed by atoms with E-state index in [4.69, 9.17) is 25.8 Å². The normalized spacial score (nSPS) is 29.6. The van der Waals surface area contributed by atoms with Gasteiger partial charge in [-0.05, 0) is 36.4 Å². The van der Waals surface area contributed by atoms with Crippen LogP contribution in [0.1, 0.15) is 12.6 Å². The minimum atomic E-state index is -1.47. The molecule has 3 heterocycles. The van der Waals surface area contributed by atoms with E-state index in [2.05, 4.69) is 0 Å². The predicted molar refractivity (Wildman–Crippen MR) is 126 cm³/mol. The van der Waals surface area contributed by atoms with Gasteiger partial charge in [-0.25, -0.2) is 0 Å². The molecular weight excluding hydrogens is 482 g/mol. The van der Waals surface area contributed by atoms with Crippen molar-refractivity contribution in [2.75, 3.05) is 19.8 Å². The van der Waals surface area contributed by atoms with Crippen molar-refractivity contribution in [3.05, 3.63) is 53.7 Å². The molecule has 10 heteroatoms. The van der Waals surface area contributed by atoms with Crippen LogP contribution in [-0.4, -0.2) is 75.3 Å². The maximum atomic E-state index is 10.6. The Balaban J connectivity index is 1.44. The molecule has 2 aromatic carbocycles. The number of nitrogens with zero attached hydrogens (tertiary/aromatic N) is 1. The zero-order chi connectivity index (χ0) is 23.8. The number of fused-ring (bicyclic) bond motifs is 1. The molecule has 5 rings (SSSR count). The number of hydrogen-bond acceptors (Lipinski definition) is 8. The van der Waals surface area contributed by atoms with Crippen LogP contribution in [0.5, 0.6) is 5.75 Å². The summed E-state index contributed by atoms with van der Waals surface area (Å²) in [4.78, 5) is 1.79. The van der Waals surface area contributed by atoms with Crippen molar-refractivity contribution < 1.29 is 34.6 Å². The summed E-state index contributed by atoms with van der Waals surface area (Å²) in [6, 6.07) is 13.2. The maximum Gasteiger partial charge on any atom is 0.163 e. The van der Waals surface area contributed by atoms with Gasteiger partial charge in [0.05, 0.1) is 30.4 Å². The van der Waals surface area contributed by atoms with Gasteiger partial charge in [-0.1, -0.05) is 29.4 Å². The molecule has 1 unspecified atom stereocenters. The second-order valence-electron chi connectivity index (χ2n) is 8.43. The maximum absolute atomic E-state index is 10.6. The number of ether oxygens (including phenoxy) is 3. The highest BCUT2D eigenvalue weighted by atomic mass is 35.5. The van der Waals surface area contributed by atoms with Gasteiger partial charge in [0, 0.05) is 27.8 Å². The Morgan fingerprint density at radius 3 is 2.56 bits per heavy atom. The minimum absolute atomic E-state index is 0.0776. The quantitative estimate of drug-likeness (QED) is 0.402. The Morgan fingerprint density at radius 1 is 1.06 bits per heavy atom. The third kappa shape index (κ3) is 4.55. The summed E-state index contributed by atoms with van der Waals surface area (Å²) in [6.45, 7) is 0.828. The SMILES string of the molecule is OC[C@H]1O[C@@H](n2cc(Sc3ccc(OC4CCOC4)cc3)c3c(Cl)cccc32)[C@H](O)[C@@H](O)[C@@H]1O. The molecule has 2 saturated heterocycles. The number of rotatable bonds is 6. The monoisotopic (exact) mass is 507 g/mol. The van der Waals surface area contributed by atoms with Gasteiger partial charge < -0.3 is 39.2 Å². The smallest absolute Gasteiger partial charge is 0.163 e. The van der Waals surface area contributed by atoms with E-state index in [0.717, 1.165) is 34.0 Å². The number of aliphatic hydroxyl groups excluding tert-OH is 4. The zero-order valence-corrected chi connectivity index (χ0v) is 19.7. The lowest BCUT2D eigenvalue weighted by Crippen LogP contribution is -2.56. The van der Waals surface area contributed by atoms with Crippen molar-refractivity contribution in [1.29, 1.82) is 0 Å². The third-order valence-corrected chi connectivity index (χ3v) is 7.51. The first-order valence-corrected chi connectivity index (χ1v) is 12.3. The van der Waals surface area contributed by atoms with E-state index in [1.165, 1.54) is 11.8 Å². The highest BCUT2D eigenvalue weighted by Gasteiger charge is 2.44. The Bertz CT molecular complexity index is 1130. The lowest BCUT2D eigenvalue weighted by atomic mass is 9.98. The molecule has 0 aliphatic carbocycles. The van der Waals surface area contributed by atoms with Crippen molar-refractivity contribution in [3.63, 3.8) is 0 Å². The first kappa shape index (κ1) is 23.9. The molecule has 2 aliphatic rings. The summed E-state index contributed by atoms with van der Waals surface area (Å²) in [5.74, 6) is 0.779.